The van der Waals surface area contributed by atoms with Gasteiger partial charge in [-0.2, -0.15) is 0 Å². The number of carbonyl (C=O) groups is 1. The van der Waals surface area contributed by atoms with Crippen molar-refractivity contribution in [1.82, 2.24) is 4.31 Å². The Balaban J connectivity index is 1.92. The third-order valence-corrected chi connectivity index (χ3v) is 6.44. The first-order valence-electron chi connectivity index (χ1n) is 9.16. The van der Waals surface area contributed by atoms with Crippen molar-refractivity contribution in [3.05, 3.63) is 81.8 Å². The van der Waals surface area contributed by atoms with Gasteiger partial charge in [-0.3, -0.25) is 0 Å². The lowest BCUT2D eigenvalue weighted by molar-refractivity contribution is -0.139. The number of rotatable bonds is 8. The van der Waals surface area contributed by atoms with E-state index < -0.39 is 35.2 Å². The van der Waals surface area contributed by atoms with E-state index >= 15 is 0 Å². The van der Waals surface area contributed by atoms with Crippen molar-refractivity contribution in [1.29, 1.82) is 0 Å². The van der Waals surface area contributed by atoms with Crippen LogP contribution in [0.1, 0.15) is 5.56 Å². The minimum atomic E-state index is -1.56. The highest BCUT2D eigenvalue weighted by Gasteiger charge is 2.16. The van der Waals surface area contributed by atoms with Crippen LogP contribution in [0.25, 0.3) is 11.1 Å². The molecule has 0 heterocycles. The summed E-state index contributed by atoms with van der Waals surface area (Å²) in [6.07, 6.45) is 0. The van der Waals surface area contributed by atoms with E-state index in [9.17, 15) is 17.8 Å². The maximum absolute atomic E-state index is 13.8. The molecule has 3 aromatic carbocycles. The average Bonchev–Trinajstić information content (AvgIpc) is 2.73. The molecule has 0 saturated heterocycles. The van der Waals surface area contributed by atoms with E-state index in [2.05, 4.69) is 0 Å². The first-order valence-corrected chi connectivity index (χ1v) is 11.0. The Hall–Kier alpha value is -2.52. The Labute approximate surface area is 195 Å². The number of carboxylic acids is 1. The maximum atomic E-state index is 13.8. The summed E-state index contributed by atoms with van der Waals surface area (Å²) in [6, 6.07) is 12.4. The third-order valence-electron chi connectivity index (χ3n) is 4.35. The van der Waals surface area contributed by atoms with Crippen molar-refractivity contribution in [2.24, 2.45) is 0 Å². The standard InChI is InChI=1S/C22H17Cl2F2NO4S/c1-27(32(30)17-3-4-19(23)20(24)10-17)11-13-2-5-21(31-12-22(28)29)18(6-13)14-7-15(25)9-16(26)8-14/h2-10H,11-12H2,1H3,(H,28,29). The molecule has 0 aromatic heterocycles. The molecule has 10 heteroatoms. The number of nitrogens with zero attached hydrogens (tertiary/aromatic N) is 1. The molecular formula is C22H17Cl2F2NO4S. The number of benzene rings is 3. The second-order valence-corrected chi connectivity index (χ2v) is 9.19. The van der Waals surface area contributed by atoms with Crippen LogP contribution < -0.4 is 4.74 Å². The van der Waals surface area contributed by atoms with Crippen LogP contribution in [0.3, 0.4) is 0 Å². The van der Waals surface area contributed by atoms with Gasteiger partial charge in [0.15, 0.2) is 6.61 Å². The molecule has 1 N–H and O–H groups in total. The Morgan fingerprint density at radius 3 is 2.34 bits per heavy atom. The second kappa shape index (κ2) is 10.4. The smallest absolute Gasteiger partial charge is 0.341 e. The molecule has 168 valence electrons. The average molecular weight is 500 g/mol. The van der Waals surface area contributed by atoms with E-state index in [0.29, 0.717) is 21.0 Å². The largest absolute Gasteiger partial charge is 0.481 e. The predicted molar refractivity (Wildman–Crippen MR) is 119 cm³/mol. The minimum Gasteiger partial charge on any atom is -0.481 e. The molecule has 5 nitrogen and oxygen atoms in total. The molecule has 0 radical (unpaired) electrons. The van der Waals surface area contributed by atoms with Crippen LogP contribution in [0.5, 0.6) is 5.75 Å². The molecule has 0 bridgehead atoms. The van der Waals surface area contributed by atoms with Crippen LogP contribution in [0.4, 0.5) is 8.78 Å². The highest BCUT2D eigenvalue weighted by atomic mass is 35.5. The van der Waals surface area contributed by atoms with Gasteiger partial charge in [0.25, 0.3) is 0 Å². The third kappa shape index (κ3) is 6.04. The van der Waals surface area contributed by atoms with Gasteiger partial charge in [-0.25, -0.2) is 22.1 Å². The molecule has 1 atom stereocenters. The van der Waals surface area contributed by atoms with Gasteiger partial charge in [0.1, 0.15) is 28.4 Å². The van der Waals surface area contributed by atoms with E-state index in [1.54, 1.807) is 35.6 Å². The summed E-state index contributed by atoms with van der Waals surface area (Å²) in [6.45, 7) is -0.414. The number of hydrogen-bond acceptors (Lipinski definition) is 3. The minimum absolute atomic E-state index is 0.148. The van der Waals surface area contributed by atoms with Gasteiger partial charge >= 0.3 is 5.97 Å². The number of halogens is 4. The van der Waals surface area contributed by atoms with Crippen LogP contribution in [-0.2, 0) is 22.3 Å². The fraction of sp³-hybridized carbons (Fsp3) is 0.136. The fourth-order valence-electron chi connectivity index (χ4n) is 2.96. The molecule has 0 spiro atoms. The van der Waals surface area contributed by atoms with E-state index in [-0.39, 0.29) is 22.9 Å². The maximum Gasteiger partial charge on any atom is 0.341 e. The lowest BCUT2D eigenvalue weighted by atomic mass is 10.0. The predicted octanol–water partition coefficient (Wildman–Crippen LogP) is 5.56. The van der Waals surface area contributed by atoms with Crippen LogP contribution in [-0.4, -0.2) is 33.2 Å². The van der Waals surface area contributed by atoms with Crippen LogP contribution in [0.15, 0.2) is 59.5 Å². The number of ether oxygens (including phenoxy) is 1. The Bertz CT molecular complexity index is 1170. The molecule has 0 aliphatic carbocycles. The molecule has 0 amide bonds. The summed E-state index contributed by atoms with van der Waals surface area (Å²) < 4.78 is 47.2. The Morgan fingerprint density at radius 2 is 1.72 bits per heavy atom. The summed E-state index contributed by atoms with van der Waals surface area (Å²) >= 11 is 11.9. The molecule has 32 heavy (non-hydrogen) atoms. The number of hydrogen-bond donors (Lipinski definition) is 1. The van der Waals surface area contributed by atoms with Crippen LogP contribution in [0, 0.1) is 11.6 Å². The van der Waals surface area contributed by atoms with Crippen molar-refractivity contribution in [3.63, 3.8) is 0 Å². The monoisotopic (exact) mass is 499 g/mol. The molecule has 0 aliphatic rings. The normalized spacial score (nSPS) is 12.1. The van der Waals surface area contributed by atoms with Crippen molar-refractivity contribution in [3.8, 4) is 16.9 Å². The lowest BCUT2D eigenvalue weighted by Gasteiger charge is -2.18. The molecular weight excluding hydrogens is 483 g/mol. The number of aliphatic carboxylic acids is 1. The summed E-state index contributed by atoms with van der Waals surface area (Å²) in [5.41, 5.74) is 1.14. The first kappa shape index (κ1) is 24.1. The van der Waals surface area contributed by atoms with E-state index in [1.165, 1.54) is 12.1 Å². The van der Waals surface area contributed by atoms with Crippen molar-refractivity contribution in [2.75, 3.05) is 13.7 Å². The molecule has 0 saturated carbocycles. The second-order valence-electron chi connectivity index (χ2n) is 6.78. The van der Waals surface area contributed by atoms with Gasteiger partial charge in [-0.05, 0) is 53.6 Å². The lowest BCUT2D eigenvalue weighted by Crippen LogP contribution is -2.21. The van der Waals surface area contributed by atoms with Crippen LogP contribution in [0.2, 0.25) is 10.0 Å². The van der Waals surface area contributed by atoms with Crippen molar-refractivity contribution in [2.45, 2.75) is 11.4 Å². The van der Waals surface area contributed by atoms with Gasteiger partial charge in [0, 0.05) is 25.2 Å². The fourth-order valence-corrected chi connectivity index (χ4v) is 4.35. The summed E-state index contributed by atoms with van der Waals surface area (Å²) in [4.78, 5) is 11.3. The van der Waals surface area contributed by atoms with E-state index in [4.69, 9.17) is 33.0 Å². The molecule has 0 fully saturated rings. The van der Waals surface area contributed by atoms with Crippen LogP contribution >= 0.6 is 23.2 Å². The summed E-state index contributed by atoms with van der Waals surface area (Å²) in [7, 11) is 0.0746. The zero-order valence-corrected chi connectivity index (χ0v) is 19.0. The van der Waals surface area contributed by atoms with Gasteiger partial charge in [-0.15, -0.1) is 0 Å². The highest BCUT2D eigenvalue weighted by Crippen LogP contribution is 2.33. The topological polar surface area (TPSA) is 66.8 Å². The van der Waals surface area contributed by atoms with Gasteiger partial charge in [-0.1, -0.05) is 29.3 Å². The molecule has 1 unspecified atom stereocenters. The molecule has 0 aliphatic heterocycles. The van der Waals surface area contributed by atoms with Gasteiger partial charge in [0.2, 0.25) is 0 Å². The SMILES string of the molecule is CN(Cc1ccc(OCC(=O)O)c(-c2cc(F)cc(F)c2)c1)S(=O)c1ccc(Cl)c(Cl)c1. The highest BCUT2D eigenvalue weighted by molar-refractivity contribution is 7.82. The quantitative estimate of drug-likeness (QED) is 0.440. The zero-order chi connectivity index (χ0) is 23.4. The van der Waals surface area contributed by atoms with E-state index in [1.807, 2.05) is 0 Å². The van der Waals surface area contributed by atoms with Gasteiger partial charge < -0.3 is 9.84 Å². The molecule has 3 rings (SSSR count). The van der Waals surface area contributed by atoms with Crippen molar-refractivity contribution < 1.29 is 27.6 Å². The van der Waals surface area contributed by atoms with Gasteiger partial charge in [0.05, 0.1) is 14.9 Å². The summed E-state index contributed by atoms with van der Waals surface area (Å²) in [5, 5.41) is 9.53. The Morgan fingerprint density at radius 1 is 1.03 bits per heavy atom. The van der Waals surface area contributed by atoms with Crippen molar-refractivity contribution >= 4 is 40.2 Å². The zero-order valence-electron chi connectivity index (χ0n) is 16.6. The Kier molecular flexibility index (Phi) is 7.84. The van der Waals surface area contributed by atoms with E-state index in [0.717, 1.165) is 18.2 Å². The number of carboxylic acid groups (broad SMARTS) is 1. The molecule has 3 aromatic rings. The first-order chi connectivity index (χ1) is 15.1. The summed E-state index contributed by atoms with van der Waals surface area (Å²) in [5.74, 6) is -2.61.